The Hall–Kier alpha value is -0.770. The zero-order valence-corrected chi connectivity index (χ0v) is 31.7. The van der Waals surface area contributed by atoms with Gasteiger partial charge in [0.1, 0.15) is 6.10 Å². The molecule has 0 radical (unpaired) electrons. The summed E-state index contributed by atoms with van der Waals surface area (Å²) in [6.07, 6.45) is 6.77. The van der Waals surface area contributed by atoms with Crippen molar-refractivity contribution in [2.45, 2.75) is 163 Å². The van der Waals surface area contributed by atoms with Crippen LogP contribution in [0.5, 0.6) is 0 Å². The molecule has 7 aliphatic rings. The summed E-state index contributed by atoms with van der Waals surface area (Å²) >= 11 is 0. The average molecular weight is 674 g/mol. The zero-order valence-electron chi connectivity index (χ0n) is 31.7. The SMILES string of the molecule is CCN1CCOC(OC2CCC34C(CCC5C6(C)C(O)C7OC(CC(OC(C)=O)C(C)(C)O)CC(C)C7C6(C)CCC53C4C)C2(C)C)C1. The summed E-state index contributed by atoms with van der Waals surface area (Å²) in [6, 6.07) is 0. The number of carbonyl (C=O) groups excluding carboxylic acids is 1. The van der Waals surface area contributed by atoms with Gasteiger partial charge in [-0.2, -0.15) is 0 Å². The van der Waals surface area contributed by atoms with Crippen LogP contribution in [0.1, 0.15) is 121 Å². The Morgan fingerprint density at radius 3 is 2.40 bits per heavy atom. The molecule has 2 aliphatic heterocycles. The van der Waals surface area contributed by atoms with Gasteiger partial charge in [-0.05, 0) is 117 Å². The number of esters is 1. The molecule has 274 valence electrons. The molecule has 0 aromatic heterocycles. The molecule has 48 heavy (non-hydrogen) atoms. The van der Waals surface area contributed by atoms with E-state index in [4.69, 9.17) is 18.9 Å². The molecule has 0 bridgehead atoms. The molecule has 15 unspecified atom stereocenters. The average Bonchev–Trinajstić information content (AvgIpc) is 3.48. The smallest absolute Gasteiger partial charge is 0.303 e. The van der Waals surface area contributed by atoms with Crippen LogP contribution < -0.4 is 0 Å². The van der Waals surface area contributed by atoms with Crippen LogP contribution in [-0.2, 0) is 23.7 Å². The highest BCUT2D eigenvalue weighted by molar-refractivity contribution is 5.66. The Morgan fingerprint density at radius 1 is 1.04 bits per heavy atom. The van der Waals surface area contributed by atoms with Crippen molar-refractivity contribution in [3.63, 3.8) is 0 Å². The summed E-state index contributed by atoms with van der Waals surface area (Å²) in [5.74, 6) is 1.96. The number of nitrogens with zero attached hydrogens (tertiary/aromatic N) is 1. The second-order valence-electron chi connectivity index (χ2n) is 19.3. The lowest BCUT2D eigenvalue weighted by molar-refractivity contribution is -0.248. The lowest BCUT2D eigenvalue weighted by atomic mass is 9.41. The fourth-order valence-corrected chi connectivity index (χ4v) is 14.7. The van der Waals surface area contributed by atoms with Gasteiger partial charge in [0.05, 0.1) is 36.6 Å². The molecule has 7 fully saturated rings. The third kappa shape index (κ3) is 4.70. The van der Waals surface area contributed by atoms with E-state index in [0.29, 0.717) is 35.5 Å². The number of ether oxygens (including phenoxy) is 4. The van der Waals surface area contributed by atoms with Crippen LogP contribution in [0.3, 0.4) is 0 Å². The highest BCUT2D eigenvalue weighted by Gasteiger charge is 2.88. The van der Waals surface area contributed by atoms with Gasteiger partial charge in [0, 0.05) is 31.8 Å². The van der Waals surface area contributed by atoms with Crippen molar-refractivity contribution in [1.82, 2.24) is 4.90 Å². The fourth-order valence-electron chi connectivity index (χ4n) is 14.7. The summed E-state index contributed by atoms with van der Waals surface area (Å²) in [7, 11) is 0. The monoisotopic (exact) mass is 673 g/mol. The van der Waals surface area contributed by atoms with Crippen molar-refractivity contribution >= 4 is 5.97 Å². The van der Waals surface area contributed by atoms with Gasteiger partial charge in [-0.15, -0.1) is 0 Å². The van der Waals surface area contributed by atoms with Gasteiger partial charge in [-0.1, -0.05) is 48.5 Å². The Balaban J connectivity index is 1.14. The van der Waals surface area contributed by atoms with Crippen molar-refractivity contribution in [3.8, 4) is 0 Å². The fraction of sp³-hybridized carbons (Fsp3) is 0.975. The van der Waals surface area contributed by atoms with E-state index in [-0.39, 0.29) is 52.2 Å². The van der Waals surface area contributed by atoms with Crippen LogP contribution in [-0.4, -0.2) is 89.7 Å². The van der Waals surface area contributed by atoms with Crippen LogP contribution in [0.25, 0.3) is 0 Å². The highest BCUT2D eigenvalue weighted by atomic mass is 16.7. The van der Waals surface area contributed by atoms with Crippen molar-refractivity contribution in [2.24, 2.45) is 56.7 Å². The molecule has 15 atom stereocenters. The van der Waals surface area contributed by atoms with E-state index in [0.717, 1.165) is 51.9 Å². The lowest BCUT2D eigenvalue weighted by Crippen LogP contribution is -2.60. The lowest BCUT2D eigenvalue weighted by Gasteiger charge is -2.63. The van der Waals surface area contributed by atoms with Gasteiger partial charge in [-0.3, -0.25) is 9.69 Å². The molecule has 2 N–H and O–H groups in total. The maximum Gasteiger partial charge on any atom is 0.303 e. The molecule has 5 aliphatic carbocycles. The molecule has 8 heteroatoms. The summed E-state index contributed by atoms with van der Waals surface area (Å²) in [4.78, 5) is 14.4. The second-order valence-corrected chi connectivity index (χ2v) is 19.3. The maximum atomic E-state index is 12.6. The van der Waals surface area contributed by atoms with Gasteiger partial charge in [0.25, 0.3) is 0 Å². The quantitative estimate of drug-likeness (QED) is 0.309. The van der Waals surface area contributed by atoms with Gasteiger partial charge >= 0.3 is 5.97 Å². The number of fused-ring (bicyclic) bond motifs is 4. The first-order chi connectivity index (χ1) is 22.4. The maximum absolute atomic E-state index is 12.6. The first-order valence-corrected chi connectivity index (χ1v) is 19.6. The standard InChI is InChI=1S/C40H67NO7/c1-11-41-18-19-45-31(22-41)48-29-14-15-39-24(3)40(39)17-16-37(9)32-23(2)20-26(21-30(36(7,8)44)46-25(4)42)47-33(32)34(43)38(37,10)28(40)13-12-27(39)35(29,5)6/h23-24,26-34,43-44H,11-22H2,1-10H3. The van der Waals surface area contributed by atoms with E-state index in [2.05, 4.69) is 53.4 Å². The van der Waals surface area contributed by atoms with E-state index in [1.54, 1.807) is 13.8 Å². The van der Waals surface area contributed by atoms with Crippen molar-refractivity contribution in [1.29, 1.82) is 0 Å². The zero-order chi connectivity index (χ0) is 34.8. The topological polar surface area (TPSA) is 97.7 Å². The Morgan fingerprint density at radius 2 is 1.73 bits per heavy atom. The van der Waals surface area contributed by atoms with E-state index in [9.17, 15) is 15.0 Å². The number of rotatable bonds is 7. The Bertz CT molecular complexity index is 1250. The first kappa shape index (κ1) is 35.6. The molecule has 2 spiro atoms. The summed E-state index contributed by atoms with van der Waals surface area (Å²) in [5.41, 5.74) is -0.807. The van der Waals surface area contributed by atoms with Gasteiger partial charge in [0.2, 0.25) is 0 Å². The van der Waals surface area contributed by atoms with Crippen LogP contribution >= 0.6 is 0 Å². The molecule has 7 rings (SSSR count). The molecule has 2 heterocycles. The predicted molar refractivity (Wildman–Crippen MR) is 184 cm³/mol. The molecular formula is C40H67NO7. The first-order valence-electron chi connectivity index (χ1n) is 19.6. The Labute approximate surface area is 290 Å². The van der Waals surface area contributed by atoms with Crippen molar-refractivity contribution in [2.75, 3.05) is 26.2 Å². The molecule has 8 nitrogen and oxygen atoms in total. The number of aliphatic hydroxyl groups is 2. The molecule has 5 saturated carbocycles. The third-order valence-electron chi connectivity index (χ3n) is 16.9. The van der Waals surface area contributed by atoms with Gasteiger partial charge < -0.3 is 29.2 Å². The number of hydrogen-bond donors (Lipinski definition) is 2. The Kier molecular flexibility index (Phi) is 8.62. The van der Waals surface area contributed by atoms with Crippen LogP contribution in [0.2, 0.25) is 0 Å². The normalized spacial score (nSPS) is 51.8. The van der Waals surface area contributed by atoms with Crippen LogP contribution in [0.15, 0.2) is 0 Å². The van der Waals surface area contributed by atoms with E-state index < -0.39 is 23.8 Å². The highest BCUT2D eigenvalue weighted by Crippen LogP contribution is 2.91. The molecule has 2 saturated heterocycles. The van der Waals surface area contributed by atoms with E-state index in [1.807, 2.05) is 0 Å². The number of hydrogen-bond acceptors (Lipinski definition) is 8. The number of aliphatic hydroxyl groups excluding tert-OH is 1. The largest absolute Gasteiger partial charge is 0.459 e. The van der Waals surface area contributed by atoms with Crippen molar-refractivity contribution < 1.29 is 34.0 Å². The molecule has 0 aromatic carbocycles. The third-order valence-corrected chi connectivity index (χ3v) is 16.9. The minimum Gasteiger partial charge on any atom is -0.459 e. The van der Waals surface area contributed by atoms with E-state index in [1.165, 1.54) is 26.2 Å². The van der Waals surface area contributed by atoms with Gasteiger partial charge in [0.15, 0.2) is 6.29 Å². The predicted octanol–water partition coefficient (Wildman–Crippen LogP) is 6.20. The second kappa shape index (κ2) is 11.6. The molecule has 0 aromatic rings. The summed E-state index contributed by atoms with van der Waals surface area (Å²) in [5, 5.41) is 23.5. The number of likely N-dealkylation sites (N-methyl/N-ethyl adjacent to an activating group) is 1. The summed E-state index contributed by atoms with van der Waals surface area (Å²) in [6.45, 7) is 25.5. The molecular weight excluding hydrogens is 606 g/mol. The number of carbonyl (C=O) groups is 1. The van der Waals surface area contributed by atoms with E-state index >= 15 is 0 Å². The van der Waals surface area contributed by atoms with Crippen LogP contribution in [0, 0.1) is 56.7 Å². The van der Waals surface area contributed by atoms with Gasteiger partial charge in [-0.25, -0.2) is 0 Å². The van der Waals surface area contributed by atoms with Crippen molar-refractivity contribution in [3.05, 3.63) is 0 Å². The molecule has 0 amide bonds. The van der Waals surface area contributed by atoms with Crippen LogP contribution in [0.4, 0.5) is 0 Å². The number of morpholine rings is 1. The summed E-state index contributed by atoms with van der Waals surface area (Å²) < 4.78 is 25.6. The minimum atomic E-state index is -1.17. The minimum absolute atomic E-state index is 0.0153.